The lowest BCUT2D eigenvalue weighted by molar-refractivity contribution is 0.695. The molecule has 1 N–H and O–H groups in total. The second kappa shape index (κ2) is 6.52. The SMILES string of the molecule is N#CC1=NNN(c2ccccc2)C(C(Cl)(Cl)Cl)=C1C(Cl)(Cl)Cl. The number of hydrazone groups is 1. The molecule has 1 aromatic rings. The van der Waals surface area contributed by atoms with E-state index in [1.54, 1.807) is 24.3 Å². The van der Waals surface area contributed by atoms with Gasteiger partial charge in [-0.3, -0.25) is 0 Å². The van der Waals surface area contributed by atoms with Crippen molar-refractivity contribution in [2.75, 3.05) is 5.01 Å². The third kappa shape index (κ3) is 3.68. The van der Waals surface area contributed by atoms with Crippen LogP contribution >= 0.6 is 69.6 Å². The van der Waals surface area contributed by atoms with Gasteiger partial charge in [0, 0.05) is 0 Å². The van der Waals surface area contributed by atoms with Crippen molar-refractivity contribution in [3.8, 4) is 6.07 Å². The van der Waals surface area contributed by atoms with Crippen molar-refractivity contribution in [3.05, 3.63) is 41.6 Å². The van der Waals surface area contributed by atoms with Crippen molar-refractivity contribution < 1.29 is 0 Å². The fourth-order valence-electron chi connectivity index (χ4n) is 1.81. The predicted octanol–water partition coefficient (Wildman–Crippen LogP) is 4.89. The quantitative estimate of drug-likeness (QED) is 0.661. The van der Waals surface area contributed by atoms with E-state index in [-0.39, 0.29) is 17.0 Å². The first-order chi connectivity index (χ1) is 10.2. The summed E-state index contributed by atoms with van der Waals surface area (Å²) in [6.45, 7) is 0. The standard InChI is InChI=1S/C12H6Cl6N4/c13-11(14,15)9-8(6-19)20-21-22(10(9)12(16,17)18)7-4-2-1-3-5-7/h1-5,21H. The van der Waals surface area contributed by atoms with E-state index in [1.807, 2.05) is 12.1 Å². The first-order valence-electron chi connectivity index (χ1n) is 5.64. The third-order valence-electron chi connectivity index (χ3n) is 2.63. The Morgan fingerprint density at radius 1 is 1.00 bits per heavy atom. The first kappa shape index (κ1) is 17.8. The highest BCUT2D eigenvalue weighted by Gasteiger charge is 2.45. The van der Waals surface area contributed by atoms with E-state index in [4.69, 9.17) is 69.6 Å². The zero-order valence-electron chi connectivity index (χ0n) is 10.5. The molecule has 0 saturated carbocycles. The largest absolute Gasteiger partial charge is 0.240 e. The molecule has 0 atom stereocenters. The predicted molar refractivity (Wildman–Crippen MR) is 92.7 cm³/mol. The molecule has 1 aliphatic rings. The molecule has 0 bridgehead atoms. The van der Waals surface area contributed by atoms with Gasteiger partial charge >= 0.3 is 0 Å². The number of benzene rings is 1. The molecule has 0 aromatic heterocycles. The van der Waals surface area contributed by atoms with Crippen LogP contribution in [0.1, 0.15) is 0 Å². The lowest BCUT2D eigenvalue weighted by Crippen LogP contribution is -2.46. The molecule has 116 valence electrons. The van der Waals surface area contributed by atoms with E-state index in [2.05, 4.69) is 10.6 Å². The molecular weight excluding hydrogens is 413 g/mol. The normalized spacial score (nSPS) is 16.0. The van der Waals surface area contributed by atoms with Crippen LogP contribution in [0.2, 0.25) is 0 Å². The molecule has 0 fully saturated rings. The van der Waals surface area contributed by atoms with Gasteiger partial charge < -0.3 is 0 Å². The number of hydrogen-bond donors (Lipinski definition) is 1. The summed E-state index contributed by atoms with van der Waals surface area (Å²) in [7, 11) is 0. The van der Waals surface area contributed by atoms with Gasteiger partial charge in [-0.2, -0.15) is 5.26 Å². The van der Waals surface area contributed by atoms with Crippen LogP contribution in [0.4, 0.5) is 5.69 Å². The Kier molecular flexibility index (Phi) is 5.28. The minimum absolute atomic E-state index is 0.0183. The summed E-state index contributed by atoms with van der Waals surface area (Å²) in [5.41, 5.74) is 2.87. The maximum Gasteiger partial charge on any atom is 0.233 e. The number of hydrazine groups is 1. The summed E-state index contributed by atoms with van der Waals surface area (Å²) in [5, 5.41) is 14.4. The van der Waals surface area contributed by atoms with Gasteiger partial charge in [-0.1, -0.05) is 87.8 Å². The Morgan fingerprint density at radius 3 is 2.05 bits per heavy atom. The third-order valence-corrected chi connectivity index (χ3v) is 3.74. The van der Waals surface area contributed by atoms with Gasteiger partial charge in [0.25, 0.3) is 0 Å². The number of anilines is 1. The lowest BCUT2D eigenvalue weighted by atomic mass is 10.1. The van der Waals surface area contributed by atoms with E-state index in [1.165, 1.54) is 5.01 Å². The van der Waals surface area contributed by atoms with Crippen LogP contribution in [0.3, 0.4) is 0 Å². The number of nitrogens with zero attached hydrogens (tertiary/aromatic N) is 3. The van der Waals surface area contributed by atoms with Crippen molar-refractivity contribution >= 4 is 81.0 Å². The number of alkyl halides is 6. The van der Waals surface area contributed by atoms with Crippen molar-refractivity contribution in [1.29, 1.82) is 5.26 Å². The van der Waals surface area contributed by atoms with Crippen LogP contribution in [0.25, 0.3) is 0 Å². The molecule has 22 heavy (non-hydrogen) atoms. The molecule has 0 spiro atoms. The number of rotatable bonds is 1. The van der Waals surface area contributed by atoms with Gasteiger partial charge in [0.15, 0.2) is 5.71 Å². The van der Waals surface area contributed by atoms with E-state index < -0.39 is 7.59 Å². The Balaban J connectivity index is 2.72. The number of allylic oxidation sites excluding steroid dienone is 2. The highest BCUT2D eigenvalue weighted by atomic mass is 35.6. The molecule has 1 aromatic carbocycles. The van der Waals surface area contributed by atoms with Crippen LogP contribution in [0, 0.1) is 11.3 Å². The summed E-state index contributed by atoms with van der Waals surface area (Å²) in [6.07, 6.45) is 0. The van der Waals surface area contributed by atoms with Crippen LogP contribution < -0.4 is 10.5 Å². The van der Waals surface area contributed by atoms with Crippen molar-refractivity contribution in [1.82, 2.24) is 5.53 Å². The Bertz CT molecular complexity index is 666. The molecule has 1 heterocycles. The van der Waals surface area contributed by atoms with Crippen LogP contribution in [0.15, 0.2) is 46.7 Å². The summed E-state index contributed by atoms with van der Waals surface area (Å²) < 4.78 is -3.98. The van der Waals surface area contributed by atoms with Gasteiger partial charge in [0.1, 0.15) is 11.8 Å². The molecule has 2 rings (SSSR count). The smallest absolute Gasteiger partial charge is 0.233 e. The minimum Gasteiger partial charge on any atom is -0.240 e. The van der Waals surface area contributed by atoms with Crippen molar-refractivity contribution in [2.45, 2.75) is 7.59 Å². The Labute approximate surface area is 156 Å². The number of nitriles is 1. The van der Waals surface area contributed by atoms with Crippen LogP contribution in [-0.4, -0.2) is 13.3 Å². The molecule has 10 heteroatoms. The van der Waals surface area contributed by atoms with E-state index in [0.29, 0.717) is 5.69 Å². The van der Waals surface area contributed by atoms with Crippen LogP contribution in [-0.2, 0) is 0 Å². The maximum absolute atomic E-state index is 9.19. The minimum atomic E-state index is -2.01. The Morgan fingerprint density at radius 2 is 1.59 bits per heavy atom. The zero-order chi connectivity index (χ0) is 16.5. The monoisotopic (exact) mass is 416 g/mol. The average Bonchev–Trinajstić information content (AvgIpc) is 2.44. The molecule has 0 radical (unpaired) electrons. The average molecular weight is 419 g/mol. The molecule has 0 unspecified atom stereocenters. The van der Waals surface area contributed by atoms with Crippen molar-refractivity contribution in [3.63, 3.8) is 0 Å². The van der Waals surface area contributed by atoms with E-state index in [0.717, 1.165) is 0 Å². The lowest BCUT2D eigenvalue weighted by Gasteiger charge is -2.36. The van der Waals surface area contributed by atoms with Gasteiger partial charge in [0.05, 0.1) is 11.3 Å². The second-order valence-corrected chi connectivity index (χ2v) is 8.62. The number of halogens is 6. The fraction of sp³-hybridized carbons (Fsp3) is 0.167. The highest BCUT2D eigenvalue weighted by molar-refractivity contribution is 6.73. The maximum atomic E-state index is 9.19. The molecular formula is C12H6Cl6N4. The number of para-hydroxylation sites is 1. The first-order valence-corrected chi connectivity index (χ1v) is 7.90. The summed E-state index contributed by atoms with van der Waals surface area (Å²) in [4.78, 5) is 0. The number of hydrogen-bond acceptors (Lipinski definition) is 4. The van der Waals surface area contributed by atoms with Gasteiger partial charge in [0.2, 0.25) is 7.59 Å². The molecule has 0 amide bonds. The van der Waals surface area contributed by atoms with Gasteiger partial charge in [-0.25, -0.2) is 10.5 Å². The summed E-state index contributed by atoms with van der Waals surface area (Å²) >= 11 is 35.9. The Hall–Kier alpha value is -0.540. The summed E-state index contributed by atoms with van der Waals surface area (Å²) in [6, 6.07) is 10.6. The van der Waals surface area contributed by atoms with Gasteiger partial charge in [-0.05, 0) is 12.1 Å². The summed E-state index contributed by atoms with van der Waals surface area (Å²) in [5.74, 6) is 0. The van der Waals surface area contributed by atoms with Crippen molar-refractivity contribution in [2.24, 2.45) is 5.10 Å². The molecule has 0 saturated heterocycles. The molecule has 0 aliphatic carbocycles. The highest BCUT2D eigenvalue weighted by Crippen LogP contribution is 2.47. The van der Waals surface area contributed by atoms with E-state index in [9.17, 15) is 5.26 Å². The topological polar surface area (TPSA) is 51.4 Å². The van der Waals surface area contributed by atoms with Crippen LogP contribution in [0.5, 0.6) is 0 Å². The molecule has 1 aliphatic heterocycles. The van der Waals surface area contributed by atoms with Gasteiger partial charge in [-0.15, -0.1) is 5.10 Å². The van der Waals surface area contributed by atoms with E-state index >= 15 is 0 Å². The number of nitrogens with one attached hydrogen (secondary N) is 1. The molecule has 4 nitrogen and oxygen atoms in total. The second-order valence-electron chi connectivity index (χ2n) is 4.06. The fourth-order valence-corrected chi connectivity index (χ4v) is 2.89. The zero-order valence-corrected chi connectivity index (χ0v) is 15.0.